The minimum atomic E-state index is -0.435. The Bertz CT molecular complexity index is 250. The molecule has 1 saturated heterocycles. The first-order chi connectivity index (χ1) is 7.65. The van der Waals surface area contributed by atoms with Crippen molar-refractivity contribution < 1.29 is 9.59 Å². The van der Waals surface area contributed by atoms with E-state index in [1.54, 1.807) is 6.92 Å². The van der Waals surface area contributed by atoms with Gasteiger partial charge in [-0.3, -0.25) is 4.79 Å². The molecule has 0 aromatic carbocycles. The molecule has 0 bridgehead atoms. The number of urea groups is 1. The fourth-order valence-corrected chi connectivity index (χ4v) is 1.76. The highest BCUT2D eigenvalue weighted by Crippen LogP contribution is 2.08. The van der Waals surface area contributed by atoms with E-state index < -0.39 is 6.04 Å². The Morgan fingerprint density at radius 3 is 2.50 bits per heavy atom. The molecule has 0 saturated carbocycles. The number of amides is 3. The van der Waals surface area contributed by atoms with E-state index in [9.17, 15) is 9.59 Å². The molecule has 1 heterocycles. The molecule has 5 heteroatoms. The first kappa shape index (κ1) is 12.8. The Morgan fingerprint density at radius 1 is 1.31 bits per heavy atom. The average molecular weight is 227 g/mol. The van der Waals surface area contributed by atoms with E-state index in [-0.39, 0.29) is 11.9 Å². The summed E-state index contributed by atoms with van der Waals surface area (Å²) in [4.78, 5) is 25.0. The van der Waals surface area contributed by atoms with Gasteiger partial charge in [-0.15, -0.1) is 0 Å². The van der Waals surface area contributed by atoms with Gasteiger partial charge < -0.3 is 15.5 Å². The molecule has 0 aliphatic carbocycles. The van der Waals surface area contributed by atoms with Crippen LogP contribution in [0.15, 0.2) is 0 Å². The number of hydrogen-bond donors (Lipinski definition) is 2. The Morgan fingerprint density at radius 2 is 1.94 bits per heavy atom. The number of carbonyl (C=O) groups excluding carboxylic acids is 2. The van der Waals surface area contributed by atoms with Crippen molar-refractivity contribution in [2.24, 2.45) is 0 Å². The van der Waals surface area contributed by atoms with Crippen molar-refractivity contribution in [3.05, 3.63) is 0 Å². The third-order valence-electron chi connectivity index (χ3n) is 2.67. The minimum absolute atomic E-state index is 0.0177. The fraction of sp³-hybridized carbons (Fsp3) is 0.818. The first-order valence-electron chi connectivity index (χ1n) is 5.98. The average Bonchev–Trinajstić information content (AvgIpc) is 2.78. The summed E-state index contributed by atoms with van der Waals surface area (Å²) in [5, 5.41) is 5.34. The van der Waals surface area contributed by atoms with Crippen molar-refractivity contribution in [3.8, 4) is 0 Å². The summed E-state index contributed by atoms with van der Waals surface area (Å²) < 4.78 is 0. The maximum absolute atomic E-state index is 11.8. The van der Waals surface area contributed by atoms with Gasteiger partial charge in [-0.05, 0) is 26.2 Å². The highest BCUT2D eigenvalue weighted by Gasteiger charge is 2.23. The summed E-state index contributed by atoms with van der Waals surface area (Å²) in [6.07, 6.45) is 3.03. The van der Waals surface area contributed by atoms with Crippen molar-refractivity contribution in [3.63, 3.8) is 0 Å². The second kappa shape index (κ2) is 6.35. The zero-order valence-corrected chi connectivity index (χ0v) is 10.1. The number of rotatable bonds is 4. The van der Waals surface area contributed by atoms with Crippen LogP contribution >= 0.6 is 0 Å². The van der Waals surface area contributed by atoms with Gasteiger partial charge in [-0.25, -0.2) is 4.79 Å². The molecule has 1 atom stereocenters. The lowest BCUT2D eigenvalue weighted by Crippen LogP contribution is -2.49. The van der Waals surface area contributed by atoms with Crippen LogP contribution < -0.4 is 10.6 Å². The quantitative estimate of drug-likeness (QED) is 0.743. The molecule has 1 rings (SSSR count). The van der Waals surface area contributed by atoms with E-state index >= 15 is 0 Å². The van der Waals surface area contributed by atoms with Gasteiger partial charge in [-0.2, -0.15) is 0 Å². The summed E-state index contributed by atoms with van der Waals surface area (Å²) in [5.74, 6) is 0.0177. The Kier molecular flexibility index (Phi) is 5.08. The van der Waals surface area contributed by atoms with Gasteiger partial charge in [0.1, 0.15) is 6.04 Å². The summed E-state index contributed by atoms with van der Waals surface area (Å²) in [7, 11) is 0. The molecule has 2 N–H and O–H groups in total. The maximum Gasteiger partial charge on any atom is 0.315 e. The molecular formula is C11H21N3O2. The molecular weight excluding hydrogens is 206 g/mol. The van der Waals surface area contributed by atoms with Crippen molar-refractivity contribution in [1.29, 1.82) is 0 Å². The minimum Gasteiger partial charge on any atom is -0.341 e. The highest BCUT2D eigenvalue weighted by molar-refractivity contribution is 5.86. The molecule has 0 aromatic heterocycles. The van der Waals surface area contributed by atoms with Crippen LogP contribution in [0.3, 0.4) is 0 Å². The molecule has 16 heavy (non-hydrogen) atoms. The van der Waals surface area contributed by atoms with E-state index in [1.807, 2.05) is 11.8 Å². The van der Waals surface area contributed by atoms with Crippen LogP contribution in [0.1, 0.15) is 33.1 Å². The number of hydrogen-bond acceptors (Lipinski definition) is 2. The second-order valence-corrected chi connectivity index (χ2v) is 4.15. The molecule has 0 spiro atoms. The fourth-order valence-electron chi connectivity index (χ4n) is 1.76. The van der Waals surface area contributed by atoms with Crippen LogP contribution in [0.4, 0.5) is 4.79 Å². The number of nitrogens with one attached hydrogen (secondary N) is 2. The third-order valence-corrected chi connectivity index (χ3v) is 2.67. The normalized spacial score (nSPS) is 17.0. The third kappa shape index (κ3) is 3.72. The zero-order chi connectivity index (χ0) is 12.0. The second-order valence-electron chi connectivity index (χ2n) is 4.15. The summed E-state index contributed by atoms with van der Waals surface area (Å²) in [6.45, 7) is 5.99. The van der Waals surface area contributed by atoms with Crippen LogP contribution in [0.25, 0.3) is 0 Å². The van der Waals surface area contributed by atoms with Crippen molar-refractivity contribution in [1.82, 2.24) is 15.5 Å². The lowest BCUT2D eigenvalue weighted by atomic mass is 10.3. The predicted molar refractivity (Wildman–Crippen MR) is 62.1 cm³/mol. The summed E-state index contributed by atoms with van der Waals surface area (Å²) in [6, 6.07) is -0.697. The van der Waals surface area contributed by atoms with Crippen molar-refractivity contribution in [2.75, 3.05) is 19.6 Å². The molecule has 5 nitrogen and oxygen atoms in total. The van der Waals surface area contributed by atoms with Gasteiger partial charge in [0, 0.05) is 19.6 Å². The molecule has 0 radical (unpaired) electrons. The smallest absolute Gasteiger partial charge is 0.315 e. The Hall–Kier alpha value is -1.26. The van der Waals surface area contributed by atoms with Crippen LogP contribution in [0.2, 0.25) is 0 Å². The SMILES string of the molecule is CCCNC(=O)NC(C)C(=O)N1CCCC1. The zero-order valence-electron chi connectivity index (χ0n) is 10.1. The van der Waals surface area contributed by atoms with Crippen molar-refractivity contribution >= 4 is 11.9 Å². The van der Waals surface area contributed by atoms with E-state index in [0.717, 1.165) is 32.4 Å². The number of carbonyl (C=O) groups is 2. The molecule has 1 unspecified atom stereocenters. The van der Waals surface area contributed by atoms with Gasteiger partial charge in [0.25, 0.3) is 0 Å². The van der Waals surface area contributed by atoms with E-state index in [1.165, 1.54) is 0 Å². The molecule has 0 aromatic rings. The van der Waals surface area contributed by atoms with Crippen molar-refractivity contribution in [2.45, 2.75) is 39.2 Å². The molecule has 92 valence electrons. The highest BCUT2D eigenvalue weighted by atomic mass is 16.2. The number of likely N-dealkylation sites (tertiary alicyclic amines) is 1. The standard InChI is InChI=1S/C11H21N3O2/c1-3-6-12-11(16)13-9(2)10(15)14-7-4-5-8-14/h9H,3-8H2,1-2H3,(H2,12,13,16). The molecule has 1 aliphatic heterocycles. The lowest BCUT2D eigenvalue weighted by molar-refractivity contribution is -0.131. The summed E-state index contributed by atoms with van der Waals surface area (Å²) in [5.41, 5.74) is 0. The van der Waals surface area contributed by atoms with E-state index in [4.69, 9.17) is 0 Å². The van der Waals surface area contributed by atoms with Gasteiger partial charge in [0.05, 0.1) is 0 Å². The maximum atomic E-state index is 11.8. The predicted octanol–water partition coefficient (Wildman–Crippen LogP) is 0.706. The van der Waals surface area contributed by atoms with E-state index in [2.05, 4.69) is 10.6 Å². The van der Waals surface area contributed by atoms with Gasteiger partial charge in [0.15, 0.2) is 0 Å². The largest absolute Gasteiger partial charge is 0.341 e. The topological polar surface area (TPSA) is 61.4 Å². The molecule has 1 aliphatic rings. The van der Waals surface area contributed by atoms with E-state index in [0.29, 0.717) is 6.54 Å². The monoisotopic (exact) mass is 227 g/mol. The van der Waals surface area contributed by atoms with Crippen LogP contribution in [-0.4, -0.2) is 42.5 Å². The Balaban J connectivity index is 2.30. The van der Waals surface area contributed by atoms with Crippen LogP contribution in [0, 0.1) is 0 Å². The lowest BCUT2D eigenvalue weighted by Gasteiger charge is -2.21. The van der Waals surface area contributed by atoms with Crippen LogP contribution in [-0.2, 0) is 4.79 Å². The van der Waals surface area contributed by atoms with Gasteiger partial charge in [0.2, 0.25) is 5.91 Å². The Labute approximate surface area is 96.6 Å². The molecule has 1 fully saturated rings. The van der Waals surface area contributed by atoms with Crippen LogP contribution in [0.5, 0.6) is 0 Å². The van der Waals surface area contributed by atoms with Gasteiger partial charge in [-0.1, -0.05) is 6.92 Å². The summed E-state index contributed by atoms with van der Waals surface area (Å²) >= 11 is 0. The molecule has 3 amide bonds. The number of nitrogens with zero attached hydrogens (tertiary/aromatic N) is 1. The first-order valence-corrected chi connectivity index (χ1v) is 5.98. The van der Waals surface area contributed by atoms with Gasteiger partial charge >= 0.3 is 6.03 Å².